The minimum atomic E-state index is -0.407. The highest BCUT2D eigenvalue weighted by Crippen LogP contribution is 2.21. The number of benzene rings is 1. The fraction of sp³-hybridized carbons (Fsp3) is 0.462. The predicted molar refractivity (Wildman–Crippen MR) is 131 cm³/mol. The summed E-state index contributed by atoms with van der Waals surface area (Å²) in [5, 5.41) is 5.91. The number of hydrogen-bond donors (Lipinski definition) is 2. The summed E-state index contributed by atoms with van der Waals surface area (Å²) in [6.45, 7) is 7.56. The highest BCUT2D eigenvalue weighted by Gasteiger charge is 2.19. The van der Waals surface area contributed by atoms with Gasteiger partial charge < -0.3 is 20.1 Å². The van der Waals surface area contributed by atoms with Crippen molar-refractivity contribution < 1.29 is 9.18 Å². The van der Waals surface area contributed by atoms with Crippen LogP contribution in [0.5, 0.6) is 0 Å². The third kappa shape index (κ3) is 7.02. The van der Waals surface area contributed by atoms with Crippen LogP contribution in [0.4, 0.5) is 4.39 Å². The van der Waals surface area contributed by atoms with Gasteiger partial charge in [0.1, 0.15) is 12.2 Å². The molecule has 2 aromatic rings. The molecule has 1 aromatic heterocycles. The van der Waals surface area contributed by atoms with E-state index < -0.39 is 5.91 Å². The van der Waals surface area contributed by atoms with Gasteiger partial charge >= 0.3 is 0 Å². The number of pyridine rings is 1. The topological polar surface area (TPSA) is 66.4 Å². The lowest BCUT2D eigenvalue weighted by atomic mass is 9.92. The molecule has 0 aliphatic carbocycles. The molecule has 0 saturated carbocycles. The fourth-order valence-corrected chi connectivity index (χ4v) is 4.35. The van der Waals surface area contributed by atoms with Gasteiger partial charge in [0.25, 0.3) is 11.5 Å². The molecule has 1 aliphatic rings. The predicted octanol–water partition coefficient (Wildman–Crippen LogP) is 3.28. The van der Waals surface area contributed by atoms with Crippen molar-refractivity contribution in [2.45, 2.75) is 32.2 Å². The molecule has 1 saturated heterocycles. The Morgan fingerprint density at radius 1 is 1.21 bits per heavy atom. The van der Waals surface area contributed by atoms with Crippen molar-refractivity contribution in [3.63, 3.8) is 0 Å². The van der Waals surface area contributed by atoms with E-state index in [4.69, 9.17) is 0 Å². The van der Waals surface area contributed by atoms with E-state index in [1.165, 1.54) is 7.05 Å². The molecule has 0 atom stereocenters. The Labute approximate surface area is 195 Å². The van der Waals surface area contributed by atoms with Gasteiger partial charge in [-0.15, -0.1) is 0 Å². The highest BCUT2D eigenvalue weighted by atomic mass is 19.1. The Morgan fingerprint density at radius 2 is 1.94 bits per heavy atom. The van der Waals surface area contributed by atoms with E-state index in [1.54, 1.807) is 16.8 Å². The molecule has 2 heterocycles. The maximum absolute atomic E-state index is 12.9. The number of piperidine rings is 1. The molecule has 33 heavy (non-hydrogen) atoms. The van der Waals surface area contributed by atoms with Gasteiger partial charge in [-0.2, -0.15) is 0 Å². The Kier molecular flexibility index (Phi) is 9.24. The van der Waals surface area contributed by atoms with Gasteiger partial charge in [0.05, 0.1) is 6.54 Å². The third-order valence-electron chi connectivity index (χ3n) is 6.34. The minimum absolute atomic E-state index is 0.105. The molecule has 0 spiro atoms. The first-order valence-electron chi connectivity index (χ1n) is 11.7. The molecule has 178 valence electrons. The maximum atomic E-state index is 12.9. The number of aromatic nitrogens is 1. The Hall–Kier alpha value is -2.93. The third-order valence-corrected chi connectivity index (χ3v) is 6.34. The zero-order chi connectivity index (χ0) is 23.6. The smallest absolute Gasteiger partial charge is 0.263 e. The zero-order valence-corrected chi connectivity index (χ0v) is 19.5. The second-order valence-electron chi connectivity index (χ2n) is 8.66. The van der Waals surface area contributed by atoms with Crippen molar-refractivity contribution in [3.05, 3.63) is 76.2 Å². The van der Waals surface area contributed by atoms with Crippen LogP contribution < -0.4 is 16.2 Å². The van der Waals surface area contributed by atoms with Gasteiger partial charge in [-0.25, -0.2) is 4.39 Å². The second-order valence-corrected chi connectivity index (χ2v) is 8.66. The second kappa shape index (κ2) is 12.3. The summed E-state index contributed by atoms with van der Waals surface area (Å²) in [5.74, 6) is 0.277. The molecular weight excluding hydrogens is 419 g/mol. The molecule has 1 aliphatic heterocycles. The number of alkyl halides is 1. The molecule has 1 fully saturated rings. The van der Waals surface area contributed by atoms with Crippen molar-refractivity contribution in [2.75, 3.05) is 39.9 Å². The number of rotatable bonds is 11. The van der Waals surface area contributed by atoms with Gasteiger partial charge in [0.2, 0.25) is 0 Å². The normalized spacial score (nSPS) is 14.7. The molecule has 0 radical (unpaired) electrons. The first kappa shape index (κ1) is 24.7. The van der Waals surface area contributed by atoms with Crippen molar-refractivity contribution in [2.24, 2.45) is 5.92 Å². The van der Waals surface area contributed by atoms with Crippen molar-refractivity contribution in [1.29, 1.82) is 0 Å². The summed E-state index contributed by atoms with van der Waals surface area (Å²) in [4.78, 5) is 27.4. The Balaban J connectivity index is 1.60. The van der Waals surface area contributed by atoms with Crippen molar-refractivity contribution >= 4 is 11.6 Å². The van der Waals surface area contributed by atoms with E-state index in [0.717, 1.165) is 56.4 Å². The summed E-state index contributed by atoms with van der Waals surface area (Å²) in [7, 11) is 1.52. The average Bonchev–Trinajstić information content (AvgIpc) is 2.84. The van der Waals surface area contributed by atoms with Crippen LogP contribution in [-0.2, 0) is 6.54 Å². The summed E-state index contributed by atoms with van der Waals surface area (Å²) in [5.41, 5.74) is 2.18. The lowest BCUT2D eigenvalue weighted by molar-refractivity contribution is 0.0961. The van der Waals surface area contributed by atoms with Crippen molar-refractivity contribution in [3.8, 4) is 0 Å². The number of nitrogens with one attached hydrogen (secondary N) is 2. The van der Waals surface area contributed by atoms with Gasteiger partial charge in [-0.05, 0) is 56.3 Å². The number of nitrogens with zero attached hydrogens (tertiary/aromatic N) is 2. The molecule has 0 bridgehead atoms. The van der Waals surface area contributed by atoms with E-state index in [9.17, 15) is 14.0 Å². The van der Waals surface area contributed by atoms with Crippen LogP contribution in [0.25, 0.3) is 5.70 Å². The van der Waals surface area contributed by atoms with E-state index in [-0.39, 0.29) is 17.8 Å². The fourth-order valence-electron chi connectivity index (χ4n) is 4.35. The lowest BCUT2D eigenvalue weighted by Gasteiger charge is -2.31. The van der Waals surface area contributed by atoms with E-state index in [0.29, 0.717) is 24.7 Å². The number of amides is 1. The molecule has 1 aromatic carbocycles. The van der Waals surface area contributed by atoms with Crippen LogP contribution in [-0.4, -0.2) is 55.3 Å². The van der Waals surface area contributed by atoms with Gasteiger partial charge in [-0.1, -0.05) is 36.9 Å². The molecule has 3 rings (SSSR count). The van der Waals surface area contributed by atoms with Crippen LogP contribution in [0, 0.1) is 5.92 Å². The van der Waals surface area contributed by atoms with Crippen LogP contribution in [0.3, 0.4) is 0 Å². The summed E-state index contributed by atoms with van der Waals surface area (Å²) in [6, 6.07) is 11.3. The molecule has 6 nitrogen and oxygen atoms in total. The standard InChI is InChI=1S/C26H35FN4O2/c1-20(29-13-6-9-21-10-14-30(15-11-21)16-12-27)23-17-24(25(32)28-2)26(33)31(19-23)18-22-7-4-3-5-8-22/h3-5,7-8,17,19,21,29H,1,6,9-16,18H2,2H3,(H,28,32). The molecular formula is C26H35FN4O2. The molecule has 7 heteroatoms. The Bertz CT molecular complexity index is 982. The summed E-state index contributed by atoms with van der Waals surface area (Å²) < 4.78 is 14.0. The van der Waals surface area contributed by atoms with Gasteiger partial charge in [0, 0.05) is 37.6 Å². The monoisotopic (exact) mass is 454 g/mol. The minimum Gasteiger partial charge on any atom is -0.385 e. The zero-order valence-electron chi connectivity index (χ0n) is 19.5. The SMILES string of the molecule is C=C(NCCCC1CCN(CCF)CC1)c1cc(C(=O)NC)c(=O)n(Cc2ccccc2)c1. The number of likely N-dealkylation sites (tertiary alicyclic amines) is 1. The van der Waals surface area contributed by atoms with E-state index >= 15 is 0 Å². The van der Waals surface area contributed by atoms with Crippen LogP contribution >= 0.6 is 0 Å². The average molecular weight is 455 g/mol. The lowest BCUT2D eigenvalue weighted by Crippen LogP contribution is -2.35. The Morgan fingerprint density at radius 3 is 2.61 bits per heavy atom. The van der Waals surface area contributed by atoms with Gasteiger partial charge in [0.15, 0.2) is 0 Å². The molecule has 1 amide bonds. The maximum Gasteiger partial charge on any atom is 0.263 e. The summed E-state index contributed by atoms with van der Waals surface area (Å²) >= 11 is 0. The largest absolute Gasteiger partial charge is 0.385 e. The van der Waals surface area contributed by atoms with Crippen LogP contribution in [0.1, 0.15) is 47.2 Å². The first-order valence-corrected chi connectivity index (χ1v) is 11.7. The highest BCUT2D eigenvalue weighted by molar-refractivity contribution is 5.94. The van der Waals surface area contributed by atoms with E-state index in [1.807, 2.05) is 30.3 Å². The summed E-state index contributed by atoms with van der Waals surface area (Å²) in [6.07, 6.45) is 6.15. The number of hydrogen-bond acceptors (Lipinski definition) is 4. The van der Waals surface area contributed by atoms with Gasteiger partial charge in [-0.3, -0.25) is 9.59 Å². The van der Waals surface area contributed by atoms with E-state index in [2.05, 4.69) is 22.1 Å². The van der Waals surface area contributed by atoms with Crippen LogP contribution in [0.2, 0.25) is 0 Å². The number of carbonyl (C=O) groups is 1. The van der Waals surface area contributed by atoms with Crippen LogP contribution in [0.15, 0.2) is 54.0 Å². The molecule has 0 unspecified atom stereocenters. The first-order chi connectivity index (χ1) is 16.0. The number of carbonyl (C=O) groups excluding carboxylic acids is 1. The molecule has 2 N–H and O–H groups in total. The van der Waals surface area contributed by atoms with Crippen molar-refractivity contribution in [1.82, 2.24) is 20.1 Å². The number of halogens is 1. The quantitative estimate of drug-likeness (QED) is 0.512.